The number of ether oxygens (including phenoxy) is 2. The molecule has 2 unspecified atom stereocenters. The second-order valence-corrected chi connectivity index (χ2v) is 12.5. The predicted molar refractivity (Wildman–Crippen MR) is 173 cm³/mol. The van der Waals surface area contributed by atoms with Crippen LogP contribution in [0.5, 0.6) is 0 Å². The van der Waals surface area contributed by atoms with E-state index < -0.39 is 0 Å². The Morgan fingerprint density at radius 3 is 1.59 bits per heavy atom. The van der Waals surface area contributed by atoms with Gasteiger partial charge in [0.25, 0.3) is 0 Å². The summed E-state index contributed by atoms with van der Waals surface area (Å²) < 4.78 is 13.0. The summed E-state index contributed by atoms with van der Waals surface area (Å²) in [6.07, 6.45) is 40.9. The van der Waals surface area contributed by atoms with Crippen molar-refractivity contribution in [3.63, 3.8) is 0 Å². The van der Waals surface area contributed by atoms with Crippen LogP contribution in [0.1, 0.15) is 168 Å². The summed E-state index contributed by atoms with van der Waals surface area (Å²) >= 11 is 0. The first-order chi connectivity index (χ1) is 19.1. The van der Waals surface area contributed by atoms with Crippen molar-refractivity contribution in [2.45, 2.75) is 180 Å². The van der Waals surface area contributed by atoms with E-state index in [0.717, 1.165) is 38.8 Å². The smallest absolute Gasteiger partial charge is 0.168 e. The highest BCUT2D eigenvalue weighted by Crippen LogP contribution is 2.35. The molecule has 2 atom stereocenters. The van der Waals surface area contributed by atoms with Gasteiger partial charge >= 0.3 is 0 Å². The lowest BCUT2D eigenvalue weighted by molar-refractivity contribution is -0.180. The van der Waals surface area contributed by atoms with Gasteiger partial charge in [0.05, 0.1) is 12.7 Å². The number of hydrogen-bond acceptors (Lipinski definition) is 3. The molecule has 1 fully saturated rings. The lowest BCUT2D eigenvalue weighted by atomic mass is 9.98. The molecule has 1 saturated heterocycles. The van der Waals surface area contributed by atoms with Gasteiger partial charge in [-0.1, -0.05) is 128 Å². The molecule has 1 rings (SSSR count). The van der Waals surface area contributed by atoms with Gasteiger partial charge in [0, 0.05) is 19.4 Å². The maximum absolute atomic E-state index is 6.63. The van der Waals surface area contributed by atoms with Crippen LogP contribution >= 0.6 is 0 Å². The normalized spacial score (nSPS) is 19.9. The minimum atomic E-state index is -0.298. The Labute approximate surface area is 245 Å². The molecular weight excluding hydrogens is 478 g/mol. The molecular formula is C36H69NO2. The summed E-state index contributed by atoms with van der Waals surface area (Å²) in [4.78, 5) is 2.26. The van der Waals surface area contributed by atoms with E-state index in [1.54, 1.807) is 0 Å². The van der Waals surface area contributed by atoms with E-state index in [1.807, 2.05) is 0 Å². The van der Waals surface area contributed by atoms with Gasteiger partial charge in [-0.05, 0) is 65.5 Å². The van der Waals surface area contributed by atoms with E-state index in [1.165, 1.54) is 128 Å². The van der Waals surface area contributed by atoms with Crippen molar-refractivity contribution in [3.05, 3.63) is 24.3 Å². The van der Waals surface area contributed by atoms with Crippen molar-refractivity contribution in [1.29, 1.82) is 0 Å². The van der Waals surface area contributed by atoms with E-state index in [4.69, 9.17) is 9.47 Å². The van der Waals surface area contributed by atoms with Crippen LogP contribution in [0.2, 0.25) is 0 Å². The molecule has 0 bridgehead atoms. The van der Waals surface area contributed by atoms with Crippen LogP contribution in [0.15, 0.2) is 24.3 Å². The third-order valence-corrected chi connectivity index (χ3v) is 8.23. The monoisotopic (exact) mass is 548 g/mol. The Morgan fingerprint density at radius 2 is 1.08 bits per heavy atom. The average Bonchev–Trinajstić information content (AvgIpc) is 3.34. The van der Waals surface area contributed by atoms with E-state index >= 15 is 0 Å². The van der Waals surface area contributed by atoms with Crippen LogP contribution in [0.25, 0.3) is 0 Å². The maximum Gasteiger partial charge on any atom is 0.168 e. The molecule has 3 nitrogen and oxygen atoms in total. The average molecular weight is 548 g/mol. The van der Waals surface area contributed by atoms with Gasteiger partial charge in [-0.2, -0.15) is 0 Å². The molecule has 0 N–H and O–H groups in total. The molecule has 0 saturated carbocycles. The van der Waals surface area contributed by atoms with Crippen molar-refractivity contribution >= 4 is 0 Å². The molecule has 1 aliphatic heterocycles. The zero-order valence-corrected chi connectivity index (χ0v) is 27.0. The van der Waals surface area contributed by atoms with E-state index in [0.29, 0.717) is 0 Å². The fraction of sp³-hybridized carbons (Fsp3) is 0.889. The quantitative estimate of drug-likeness (QED) is 0.0718. The highest BCUT2D eigenvalue weighted by Gasteiger charge is 2.40. The number of nitrogens with zero attached hydrogens (tertiary/aromatic N) is 1. The minimum absolute atomic E-state index is 0.274. The number of rotatable bonds is 28. The molecule has 0 radical (unpaired) electrons. The number of unbranched alkanes of at least 4 members (excludes halogenated alkanes) is 17. The first kappa shape index (κ1) is 36.4. The highest BCUT2D eigenvalue weighted by molar-refractivity contribution is 4.92. The summed E-state index contributed by atoms with van der Waals surface area (Å²) in [5.41, 5.74) is 0. The summed E-state index contributed by atoms with van der Waals surface area (Å²) in [6, 6.07) is 0. The van der Waals surface area contributed by atoms with Crippen LogP contribution < -0.4 is 0 Å². The SMILES string of the molecule is CCCCCC/C=C\C/C=C\CCCCCCCCC1(CCCCCCCCCC)OCC(CCN(C)C)O1. The minimum Gasteiger partial charge on any atom is -0.347 e. The molecule has 39 heavy (non-hydrogen) atoms. The van der Waals surface area contributed by atoms with Crippen molar-refractivity contribution in [1.82, 2.24) is 4.90 Å². The molecule has 1 aliphatic rings. The lowest BCUT2D eigenvalue weighted by Gasteiger charge is -2.29. The highest BCUT2D eigenvalue weighted by atomic mass is 16.7. The van der Waals surface area contributed by atoms with Gasteiger partial charge in [0.1, 0.15) is 0 Å². The van der Waals surface area contributed by atoms with E-state index in [9.17, 15) is 0 Å². The van der Waals surface area contributed by atoms with Gasteiger partial charge in [0.2, 0.25) is 0 Å². The molecule has 3 heteroatoms. The third-order valence-electron chi connectivity index (χ3n) is 8.23. The standard InChI is InChI=1S/C36H69NO2/c1-5-7-9-11-13-15-16-17-18-19-20-21-22-23-25-27-29-32-36(31-28-26-24-14-12-10-8-6-2)38-34-35(39-36)30-33-37(3)4/h15-16,18-19,35H,5-14,17,20-34H2,1-4H3/b16-15-,19-18-. The zero-order valence-electron chi connectivity index (χ0n) is 27.0. The van der Waals surface area contributed by atoms with Gasteiger partial charge < -0.3 is 14.4 Å². The molecule has 0 aromatic heterocycles. The van der Waals surface area contributed by atoms with Crippen LogP contribution in [-0.2, 0) is 9.47 Å². The van der Waals surface area contributed by atoms with Gasteiger partial charge in [-0.25, -0.2) is 0 Å². The Morgan fingerprint density at radius 1 is 0.615 bits per heavy atom. The van der Waals surface area contributed by atoms with Crippen molar-refractivity contribution in [2.75, 3.05) is 27.2 Å². The van der Waals surface area contributed by atoms with Gasteiger partial charge in [-0.3, -0.25) is 0 Å². The van der Waals surface area contributed by atoms with Gasteiger partial charge in [-0.15, -0.1) is 0 Å². The van der Waals surface area contributed by atoms with E-state index in [2.05, 4.69) is 57.1 Å². The number of hydrogen-bond donors (Lipinski definition) is 0. The fourth-order valence-electron chi connectivity index (χ4n) is 5.64. The van der Waals surface area contributed by atoms with Crippen molar-refractivity contribution in [2.24, 2.45) is 0 Å². The first-order valence-corrected chi connectivity index (χ1v) is 17.4. The Bertz CT molecular complexity index is 572. The Hall–Kier alpha value is -0.640. The van der Waals surface area contributed by atoms with Crippen LogP contribution in [-0.4, -0.2) is 44.0 Å². The fourth-order valence-corrected chi connectivity index (χ4v) is 5.64. The van der Waals surface area contributed by atoms with E-state index in [-0.39, 0.29) is 11.9 Å². The molecule has 0 aliphatic carbocycles. The molecule has 0 spiro atoms. The largest absolute Gasteiger partial charge is 0.347 e. The van der Waals surface area contributed by atoms with Gasteiger partial charge in [0.15, 0.2) is 5.79 Å². The Balaban J connectivity index is 2.15. The molecule has 0 aromatic rings. The second kappa shape index (κ2) is 26.3. The van der Waals surface area contributed by atoms with Crippen LogP contribution in [0.4, 0.5) is 0 Å². The van der Waals surface area contributed by atoms with Crippen LogP contribution in [0, 0.1) is 0 Å². The van der Waals surface area contributed by atoms with Crippen molar-refractivity contribution < 1.29 is 9.47 Å². The zero-order chi connectivity index (χ0) is 28.3. The predicted octanol–water partition coefficient (Wildman–Crippen LogP) is 11.2. The molecule has 0 aromatic carbocycles. The summed E-state index contributed by atoms with van der Waals surface area (Å²) in [5.74, 6) is -0.298. The first-order valence-electron chi connectivity index (χ1n) is 17.4. The molecule has 1 heterocycles. The second-order valence-electron chi connectivity index (χ2n) is 12.5. The summed E-state index contributed by atoms with van der Waals surface area (Å²) in [7, 11) is 4.29. The van der Waals surface area contributed by atoms with Crippen LogP contribution in [0.3, 0.4) is 0 Å². The maximum atomic E-state index is 6.63. The Kier molecular flexibility index (Phi) is 24.5. The lowest BCUT2D eigenvalue weighted by Crippen LogP contribution is -2.31. The number of allylic oxidation sites excluding steroid dienone is 4. The summed E-state index contributed by atoms with van der Waals surface area (Å²) in [6.45, 7) is 6.43. The molecule has 230 valence electrons. The third kappa shape index (κ3) is 21.7. The molecule has 0 amide bonds. The topological polar surface area (TPSA) is 21.7 Å². The summed E-state index contributed by atoms with van der Waals surface area (Å²) in [5, 5.41) is 0. The van der Waals surface area contributed by atoms with Crippen molar-refractivity contribution in [3.8, 4) is 0 Å².